The van der Waals surface area contributed by atoms with Crippen molar-refractivity contribution in [3.8, 4) is 0 Å². The van der Waals surface area contributed by atoms with Crippen LogP contribution in [0.3, 0.4) is 0 Å². The summed E-state index contributed by atoms with van der Waals surface area (Å²) in [4.78, 5) is 24.4. The maximum atomic E-state index is 12.0. The summed E-state index contributed by atoms with van der Waals surface area (Å²) in [7, 11) is 1.72. The van der Waals surface area contributed by atoms with E-state index >= 15 is 0 Å². The summed E-state index contributed by atoms with van der Waals surface area (Å²) in [6, 6.07) is 8.32. The van der Waals surface area contributed by atoms with Gasteiger partial charge in [0.05, 0.1) is 5.56 Å². The van der Waals surface area contributed by atoms with Crippen LogP contribution in [0.2, 0.25) is 0 Å². The lowest BCUT2D eigenvalue weighted by molar-refractivity contribution is 0.0696. The quantitative estimate of drug-likeness (QED) is 0.892. The van der Waals surface area contributed by atoms with Crippen LogP contribution in [-0.4, -0.2) is 29.1 Å². The molecule has 2 rings (SSSR count). The summed E-state index contributed by atoms with van der Waals surface area (Å²) in [6.07, 6.45) is 0. The minimum atomic E-state index is -0.974. The summed E-state index contributed by atoms with van der Waals surface area (Å²) in [6.45, 7) is 0.846. The molecule has 0 aliphatic rings. The van der Waals surface area contributed by atoms with Crippen molar-refractivity contribution in [2.75, 3.05) is 7.05 Å². The molecule has 0 fully saturated rings. The molecule has 1 heterocycles. The van der Waals surface area contributed by atoms with E-state index < -0.39 is 5.97 Å². The smallest absolute Gasteiger partial charge is 0.335 e. The van der Waals surface area contributed by atoms with Crippen LogP contribution < -0.4 is 5.32 Å². The number of carbonyl (C=O) groups excluding carboxylic acids is 1. The molecule has 1 aromatic heterocycles. The van der Waals surface area contributed by atoms with E-state index in [1.807, 2.05) is 16.8 Å². The topological polar surface area (TPSA) is 69.6 Å². The second-order valence-electron chi connectivity index (χ2n) is 4.65. The van der Waals surface area contributed by atoms with Gasteiger partial charge in [0.25, 0.3) is 0 Å². The maximum Gasteiger partial charge on any atom is 0.335 e. The van der Waals surface area contributed by atoms with E-state index in [9.17, 15) is 9.59 Å². The number of nitrogens with zero attached hydrogens (tertiary/aromatic N) is 1. The number of amides is 2. The number of carboxylic acid groups (broad SMARTS) is 1. The highest BCUT2D eigenvalue weighted by Crippen LogP contribution is 2.09. The molecule has 2 aromatic rings. The molecule has 0 radical (unpaired) electrons. The molecule has 0 saturated carbocycles. The second-order valence-corrected chi connectivity index (χ2v) is 5.43. The lowest BCUT2D eigenvalue weighted by atomic mass is 10.1. The van der Waals surface area contributed by atoms with Gasteiger partial charge >= 0.3 is 12.0 Å². The highest BCUT2D eigenvalue weighted by Gasteiger charge is 2.09. The monoisotopic (exact) mass is 304 g/mol. The van der Waals surface area contributed by atoms with Crippen LogP contribution in [0.15, 0.2) is 41.1 Å². The van der Waals surface area contributed by atoms with E-state index in [-0.39, 0.29) is 11.6 Å². The largest absolute Gasteiger partial charge is 0.478 e. The fourth-order valence-electron chi connectivity index (χ4n) is 1.86. The van der Waals surface area contributed by atoms with Gasteiger partial charge in [0.1, 0.15) is 0 Å². The van der Waals surface area contributed by atoms with Crippen LogP contribution in [0.1, 0.15) is 21.5 Å². The highest BCUT2D eigenvalue weighted by molar-refractivity contribution is 7.07. The Bertz CT molecular complexity index is 626. The van der Waals surface area contributed by atoms with Gasteiger partial charge in [-0.05, 0) is 40.1 Å². The van der Waals surface area contributed by atoms with E-state index in [1.165, 1.54) is 6.07 Å². The van der Waals surface area contributed by atoms with Crippen LogP contribution in [0.5, 0.6) is 0 Å². The fourth-order valence-corrected chi connectivity index (χ4v) is 2.52. The minimum absolute atomic E-state index is 0.193. The van der Waals surface area contributed by atoms with E-state index in [1.54, 1.807) is 41.5 Å². The first-order valence-electron chi connectivity index (χ1n) is 6.38. The Kier molecular flexibility index (Phi) is 4.94. The minimum Gasteiger partial charge on any atom is -0.478 e. The van der Waals surface area contributed by atoms with Crippen LogP contribution in [-0.2, 0) is 13.1 Å². The van der Waals surface area contributed by atoms with Crippen molar-refractivity contribution in [2.45, 2.75) is 13.1 Å². The third-order valence-electron chi connectivity index (χ3n) is 2.96. The number of benzene rings is 1. The molecule has 0 spiro atoms. The molecule has 0 bridgehead atoms. The van der Waals surface area contributed by atoms with Crippen molar-refractivity contribution in [1.82, 2.24) is 10.2 Å². The zero-order chi connectivity index (χ0) is 15.2. The molecule has 2 amide bonds. The summed E-state index contributed by atoms with van der Waals surface area (Å²) < 4.78 is 0. The number of urea groups is 1. The predicted molar refractivity (Wildman–Crippen MR) is 81.4 cm³/mol. The Morgan fingerprint density at radius 3 is 2.76 bits per heavy atom. The number of nitrogens with one attached hydrogen (secondary N) is 1. The van der Waals surface area contributed by atoms with Crippen molar-refractivity contribution in [3.05, 3.63) is 57.8 Å². The van der Waals surface area contributed by atoms with E-state index in [0.717, 1.165) is 11.1 Å². The third-order valence-corrected chi connectivity index (χ3v) is 3.70. The number of hydrogen-bond donors (Lipinski definition) is 2. The summed E-state index contributed by atoms with van der Waals surface area (Å²) >= 11 is 1.59. The Morgan fingerprint density at radius 1 is 1.29 bits per heavy atom. The normalized spacial score (nSPS) is 10.1. The lowest BCUT2D eigenvalue weighted by Crippen LogP contribution is -2.36. The molecule has 0 aliphatic carbocycles. The van der Waals surface area contributed by atoms with E-state index in [0.29, 0.717) is 13.1 Å². The zero-order valence-electron chi connectivity index (χ0n) is 11.6. The molecule has 6 heteroatoms. The number of carboxylic acids is 1. The predicted octanol–water partition coefficient (Wildman–Crippen LogP) is 2.79. The Labute approximate surface area is 126 Å². The number of thiophene rings is 1. The first kappa shape index (κ1) is 15.1. The third kappa shape index (κ3) is 4.32. The number of carbonyl (C=O) groups is 2. The lowest BCUT2D eigenvalue weighted by Gasteiger charge is -2.17. The molecule has 1 aromatic carbocycles. The van der Waals surface area contributed by atoms with Gasteiger partial charge < -0.3 is 15.3 Å². The van der Waals surface area contributed by atoms with Crippen molar-refractivity contribution in [3.63, 3.8) is 0 Å². The van der Waals surface area contributed by atoms with Gasteiger partial charge in [-0.2, -0.15) is 11.3 Å². The molecule has 0 saturated heterocycles. The molecule has 110 valence electrons. The number of hydrogen-bond acceptors (Lipinski definition) is 3. The molecule has 0 aliphatic heterocycles. The molecule has 2 N–H and O–H groups in total. The molecular formula is C15H16N2O3S. The van der Waals surface area contributed by atoms with Gasteiger partial charge in [0.2, 0.25) is 0 Å². The summed E-state index contributed by atoms with van der Waals surface area (Å²) in [5, 5.41) is 15.7. The van der Waals surface area contributed by atoms with Gasteiger partial charge in [0.15, 0.2) is 0 Å². The molecule has 0 atom stereocenters. The molecule has 5 nitrogen and oxygen atoms in total. The van der Waals surface area contributed by atoms with Crippen molar-refractivity contribution < 1.29 is 14.7 Å². The molecule has 0 unspecified atom stereocenters. The van der Waals surface area contributed by atoms with E-state index in [2.05, 4.69) is 5.32 Å². The highest BCUT2D eigenvalue weighted by atomic mass is 32.1. The van der Waals surface area contributed by atoms with Crippen LogP contribution in [0, 0.1) is 0 Å². The average molecular weight is 304 g/mol. The average Bonchev–Trinajstić information content (AvgIpc) is 2.97. The number of aromatic carboxylic acids is 1. The SMILES string of the molecule is CN(Cc1ccsc1)C(=O)NCc1cccc(C(=O)O)c1. The van der Waals surface area contributed by atoms with Crippen molar-refractivity contribution in [2.24, 2.45) is 0 Å². The standard InChI is InChI=1S/C15H16N2O3S/c1-17(9-12-5-6-21-10-12)15(20)16-8-11-3-2-4-13(7-11)14(18)19/h2-7,10H,8-9H2,1H3,(H,16,20)(H,18,19). The van der Waals surface area contributed by atoms with Gasteiger partial charge in [0, 0.05) is 20.1 Å². The second kappa shape index (κ2) is 6.90. The summed E-state index contributed by atoms with van der Waals surface area (Å²) in [5.74, 6) is -0.974. The van der Waals surface area contributed by atoms with E-state index in [4.69, 9.17) is 5.11 Å². The first-order valence-corrected chi connectivity index (χ1v) is 7.33. The van der Waals surface area contributed by atoms with Gasteiger partial charge in [-0.1, -0.05) is 12.1 Å². The van der Waals surface area contributed by atoms with Gasteiger partial charge in [-0.15, -0.1) is 0 Å². The van der Waals surface area contributed by atoms with Crippen LogP contribution >= 0.6 is 11.3 Å². The number of rotatable bonds is 5. The van der Waals surface area contributed by atoms with Crippen molar-refractivity contribution >= 4 is 23.3 Å². The van der Waals surface area contributed by atoms with Crippen LogP contribution in [0.25, 0.3) is 0 Å². The van der Waals surface area contributed by atoms with Crippen LogP contribution in [0.4, 0.5) is 4.79 Å². The Morgan fingerprint density at radius 2 is 2.10 bits per heavy atom. The molecule has 21 heavy (non-hydrogen) atoms. The fraction of sp³-hybridized carbons (Fsp3) is 0.200. The molecular weight excluding hydrogens is 288 g/mol. The Hall–Kier alpha value is -2.34. The first-order chi connectivity index (χ1) is 10.1. The van der Waals surface area contributed by atoms with Gasteiger partial charge in [-0.3, -0.25) is 0 Å². The Balaban J connectivity index is 1.88. The summed E-state index contributed by atoms with van der Waals surface area (Å²) in [5.41, 5.74) is 2.06. The van der Waals surface area contributed by atoms with Gasteiger partial charge in [-0.25, -0.2) is 9.59 Å². The zero-order valence-corrected chi connectivity index (χ0v) is 12.4. The maximum absolute atomic E-state index is 12.0. The van der Waals surface area contributed by atoms with Crippen molar-refractivity contribution in [1.29, 1.82) is 0 Å².